The number of hydrogen-bond donors (Lipinski definition) is 0. The van der Waals surface area contributed by atoms with E-state index in [1.165, 1.54) is 11.0 Å². The van der Waals surface area contributed by atoms with Gasteiger partial charge in [-0.3, -0.25) is 0 Å². The average molecular weight is 220 g/mol. The molecule has 0 aliphatic carbocycles. The maximum absolute atomic E-state index is 6.18. The van der Waals surface area contributed by atoms with Crippen LogP contribution in [0.2, 0.25) is 5.02 Å². The fraction of sp³-hybridized carbons (Fsp3) is 0.231. The van der Waals surface area contributed by atoms with E-state index >= 15 is 0 Å². The van der Waals surface area contributed by atoms with E-state index in [2.05, 4.69) is 29.5 Å². The first-order chi connectivity index (χ1) is 7.18. The Hall–Kier alpha value is -1.21. The van der Waals surface area contributed by atoms with Crippen LogP contribution in [0.3, 0.4) is 0 Å². The van der Waals surface area contributed by atoms with Crippen LogP contribution in [-0.4, -0.2) is 4.57 Å². The van der Waals surface area contributed by atoms with Gasteiger partial charge in [0.1, 0.15) is 0 Å². The first kappa shape index (κ1) is 10.3. The Kier molecular flexibility index (Phi) is 2.83. The highest BCUT2D eigenvalue weighted by Gasteiger charge is 2.04. The normalized spacial score (nSPS) is 10.8. The van der Waals surface area contributed by atoms with Gasteiger partial charge in [-0.15, -0.1) is 6.58 Å². The van der Waals surface area contributed by atoms with Crippen molar-refractivity contribution in [1.82, 2.24) is 4.57 Å². The molecule has 1 aromatic heterocycles. The Bertz CT molecular complexity index is 496. The van der Waals surface area contributed by atoms with Crippen LogP contribution in [0.1, 0.15) is 13.3 Å². The molecular formula is C13H14ClN. The summed E-state index contributed by atoms with van der Waals surface area (Å²) in [6, 6.07) is 8.09. The van der Waals surface area contributed by atoms with Crippen LogP contribution in [0.15, 0.2) is 42.6 Å². The zero-order valence-electron chi connectivity index (χ0n) is 8.83. The number of para-hydroxylation sites is 1. The summed E-state index contributed by atoms with van der Waals surface area (Å²) in [5.74, 6) is 0. The SMILES string of the molecule is C=C(C)CCn1ccc2cccc(Cl)c21. The van der Waals surface area contributed by atoms with Gasteiger partial charge < -0.3 is 4.57 Å². The molecule has 0 amide bonds. The molecule has 0 aliphatic rings. The van der Waals surface area contributed by atoms with Gasteiger partial charge in [-0.1, -0.05) is 29.3 Å². The Balaban J connectivity index is 2.39. The van der Waals surface area contributed by atoms with Crippen molar-refractivity contribution in [3.63, 3.8) is 0 Å². The lowest BCUT2D eigenvalue weighted by Gasteiger charge is -2.06. The molecule has 1 aromatic carbocycles. The molecule has 15 heavy (non-hydrogen) atoms. The monoisotopic (exact) mass is 219 g/mol. The second kappa shape index (κ2) is 4.11. The number of allylic oxidation sites excluding steroid dienone is 1. The van der Waals surface area contributed by atoms with Crippen molar-refractivity contribution < 1.29 is 0 Å². The van der Waals surface area contributed by atoms with E-state index in [9.17, 15) is 0 Å². The lowest BCUT2D eigenvalue weighted by molar-refractivity contribution is 0.719. The van der Waals surface area contributed by atoms with Crippen molar-refractivity contribution in [2.75, 3.05) is 0 Å². The van der Waals surface area contributed by atoms with Gasteiger partial charge in [-0.05, 0) is 25.5 Å². The van der Waals surface area contributed by atoms with E-state index in [4.69, 9.17) is 11.6 Å². The van der Waals surface area contributed by atoms with Gasteiger partial charge >= 0.3 is 0 Å². The fourth-order valence-electron chi connectivity index (χ4n) is 1.71. The summed E-state index contributed by atoms with van der Waals surface area (Å²) in [5, 5.41) is 2.02. The van der Waals surface area contributed by atoms with Gasteiger partial charge in [0.05, 0.1) is 10.5 Å². The Labute approximate surface area is 95.0 Å². The number of fused-ring (bicyclic) bond motifs is 1. The van der Waals surface area contributed by atoms with E-state index in [0.29, 0.717) is 0 Å². The third kappa shape index (κ3) is 2.07. The summed E-state index contributed by atoms with van der Waals surface area (Å²) in [4.78, 5) is 0. The average Bonchev–Trinajstić information content (AvgIpc) is 2.59. The first-order valence-electron chi connectivity index (χ1n) is 5.06. The molecule has 0 saturated heterocycles. The van der Waals surface area contributed by atoms with E-state index in [1.54, 1.807) is 0 Å². The molecule has 2 rings (SSSR count). The third-order valence-corrected chi connectivity index (χ3v) is 2.82. The van der Waals surface area contributed by atoms with Gasteiger partial charge in [0.15, 0.2) is 0 Å². The summed E-state index contributed by atoms with van der Waals surface area (Å²) in [7, 11) is 0. The lowest BCUT2D eigenvalue weighted by Crippen LogP contribution is -1.96. The van der Waals surface area contributed by atoms with Crippen LogP contribution in [-0.2, 0) is 6.54 Å². The van der Waals surface area contributed by atoms with Crippen molar-refractivity contribution in [3.8, 4) is 0 Å². The van der Waals surface area contributed by atoms with Gasteiger partial charge in [-0.25, -0.2) is 0 Å². The number of nitrogens with zero attached hydrogens (tertiary/aromatic N) is 1. The fourth-order valence-corrected chi connectivity index (χ4v) is 2.00. The van der Waals surface area contributed by atoms with Crippen molar-refractivity contribution in [2.45, 2.75) is 19.9 Å². The van der Waals surface area contributed by atoms with E-state index in [-0.39, 0.29) is 0 Å². The molecule has 0 radical (unpaired) electrons. The zero-order chi connectivity index (χ0) is 10.8. The molecule has 0 aliphatic heterocycles. The Morgan fingerprint density at radius 3 is 2.93 bits per heavy atom. The summed E-state index contributed by atoms with van der Waals surface area (Å²) in [6.07, 6.45) is 3.08. The van der Waals surface area contributed by atoms with E-state index in [1.807, 2.05) is 19.1 Å². The number of benzene rings is 1. The van der Waals surface area contributed by atoms with Gasteiger partial charge in [-0.2, -0.15) is 0 Å². The highest BCUT2D eigenvalue weighted by Crippen LogP contribution is 2.24. The standard InChI is InChI=1S/C13H14ClN/c1-10(2)6-8-15-9-7-11-4-3-5-12(14)13(11)15/h3-5,7,9H,1,6,8H2,2H3. The molecular weight excluding hydrogens is 206 g/mol. The van der Waals surface area contributed by atoms with E-state index < -0.39 is 0 Å². The van der Waals surface area contributed by atoms with Gasteiger partial charge in [0, 0.05) is 18.1 Å². The zero-order valence-corrected chi connectivity index (χ0v) is 9.59. The summed E-state index contributed by atoms with van der Waals surface area (Å²) < 4.78 is 2.19. The van der Waals surface area contributed by atoms with Crippen LogP contribution in [0, 0.1) is 0 Å². The number of halogens is 1. The molecule has 2 heteroatoms. The molecule has 78 valence electrons. The van der Waals surface area contributed by atoms with Crippen molar-refractivity contribution in [3.05, 3.63) is 47.6 Å². The molecule has 1 nitrogen and oxygen atoms in total. The first-order valence-corrected chi connectivity index (χ1v) is 5.44. The quantitative estimate of drug-likeness (QED) is 0.680. The molecule has 0 fully saturated rings. The molecule has 0 spiro atoms. The smallest absolute Gasteiger partial charge is 0.0669 e. The third-order valence-electron chi connectivity index (χ3n) is 2.52. The Morgan fingerprint density at radius 1 is 1.40 bits per heavy atom. The molecule has 0 saturated carbocycles. The molecule has 1 heterocycles. The maximum Gasteiger partial charge on any atom is 0.0669 e. The van der Waals surface area contributed by atoms with Crippen LogP contribution in [0.25, 0.3) is 10.9 Å². The highest BCUT2D eigenvalue weighted by molar-refractivity contribution is 6.35. The van der Waals surface area contributed by atoms with E-state index in [0.717, 1.165) is 23.5 Å². The second-order valence-corrected chi connectivity index (χ2v) is 4.30. The van der Waals surface area contributed by atoms with Crippen molar-refractivity contribution in [1.29, 1.82) is 0 Å². The molecule has 2 aromatic rings. The molecule has 0 bridgehead atoms. The molecule has 0 atom stereocenters. The van der Waals surface area contributed by atoms with Crippen LogP contribution in [0.4, 0.5) is 0 Å². The number of hydrogen-bond acceptors (Lipinski definition) is 0. The minimum absolute atomic E-state index is 0.819. The van der Waals surface area contributed by atoms with Gasteiger partial charge in [0.25, 0.3) is 0 Å². The van der Waals surface area contributed by atoms with Crippen molar-refractivity contribution >= 4 is 22.5 Å². The number of aryl methyl sites for hydroxylation is 1. The maximum atomic E-state index is 6.18. The number of rotatable bonds is 3. The topological polar surface area (TPSA) is 4.93 Å². The van der Waals surface area contributed by atoms with Gasteiger partial charge in [0.2, 0.25) is 0 Å². The largest absolute Gasteiger partial charge is 0.346 e. The summed E-state index contributed by atoms with van der Waals surface area (Å²) in [5.41, 5.74) is 2.32. The number of aromatic nitrogens is 1. The summed E-state index contributed by atoms with van der Waals surface area (Å²) >= 11 is 6.18. The minimum Gasteiger partial charge on any atom is -0.346 e. The summed E-state index contributed by atoms with van der Waals surface area (Å²) in [6.45, 7) is 6.91. The predicted octanol–water partition coefficient (Wildman–Crippen LogP) is 4.26. The van der Waals surface area contributed by atoms with Crippen LogP contribution in [0.5, 0.6) is 0 Å². The highest BCUT2D eigenvalue weighted by atomic mass is 35.5. The lowest BCUT2D eigenvalue weighted by atomic mass is 10.2. The van der Waals surface area contributed by atoms with Crippen molar-refractivity contribution in [2.24, 2.45) is 0 Å². The second-order valence-electron chi connectivity index (χ2n) is 3.89. The molecule has 0 unspecified atom stereocenters. The minimum atomic E-state index is 0.819. The Morgan fingerprint density at radius 2 is 2.20 bits per heavy atom. The predicted molar refractivity (Wildman–Crippen MR) is 66.4 cm³/mol. The molecule has 0 N–H and O–H groups in total. The van der Waals surface area contributed by atoms with Crippen LogP contribution < -0.4 is 0 Å². The van der Waals surface area contributed by atoms with Crippen LogP contribution >= 0.6 is 11.6 Å².